The van der Waals surface area contributed by atoms with Gasteiger partial charge in [-0.3, -0.25) is 0 Å². The van der Waals surface area contributed by atoms with Gasteiger partial charge in [0.05, 0.1) is 6.10 Å². The van der Waals surface area contributed by atoms with Crippen LogP contribution in [-0.2, 0) is 0 Å². The maximum absolute atomic E-state index is 10.1. The zero-order valence-corrected chi connectivity index (χ0v) is 27.2. The summed E-state index contributed by atoms with van der Waals surface area (Å²) in [5.74, 6) is 0.382. The summed E-state index contributed by atoms with van der Waals surface area (Å²) in [4.78, 5) is 0. The minimum Gasteiger partial charge on any atom is -0.393 e. The fourth-order valence-electron chi connectivity index (χ4n) is 5.61. The van der Waals surface area contributed by atoms with Crippen LogP contribution in [-0.4, -0.2) is 11.2 Å². The van der Waals surface area contributed by atoms with E-state index in [9.17, 15) is 5.11 Å². The van der Waals surface area contributed by atoms with Crippen LogP contribution < -0.4 is 0 Å². The quantitative estimate of drug-likeness (QED) is 0.268. The Hall–Kier alpha value is -3.16. The van der Waals surface area contributed by atoms with Crippen LogP contribution in [0.15, 0.2) is 143 Å². The Kier molecular flexibility index (Phi) is 13.1. The van der Waals surface area contributed by atoms with Crippen molar-refractivity contribution in [2.24, 2.45) is 16.7 Å². The van der Waals surface area contributed by atoms with Crippen molar-refractivity contribution in [1.82, 2.24) is 0 Å². The lowest BCUT2D eigenvalue weighted by molar-refractivity contribution is 0.116. The molecule has 0 aliphatic heterocycles. The van der Waals surface area contributed by atoms with Gasteiger partial charge in [-0.2, -0.15) is 0 Å². The van der Waals surface area contributed by atoms with Gasteiger partial charge in [0, 0.05) is 5.92 Å². The van der Waals surface area contributed by atoms with Crippen molar-refractivity contribution < 1.29 is 5.11 Å². The number of rotatable bonds is 10. The smallest absolute Gasteiger partial charge is 0.0585 e. The highest BCUT2D eigenvalue weighted by molar-refractivity contribution is 5.38. The van der Waals surface area contributed by atoms with Crippen molar-refractivity contribution in [2.45, 2.75) is 87.7 Å². The summed E-state index contributed by atoms with van der Waals surface area (Å²) in [5.41, 5.74) is 8.91. The molecule has 2 aliphatic carbocycles. The summed E-state index contributed by atoms with van der Waals surface area (Å²) in [5, 5.41) is 10.1. The maximum atomic E-state index is 10.1. The van der Waals surface area contributed by atoms with Crippen molar-refractivity contribution in [3.63, 3.8) is 0 Å². The second-order valence-corrected chi connectivity index (χ2v) is 13.2. The van der Waals surface area contributed by atoms with Crippen molar-refractivity contribution in [2.75, 3.05) is 0 Å². The standard InChI is InChI=1S/C40H54O/c1-30(18-13-20-32(3)23-25-37-34(5)22-15-27-39(37,7)8)16-11-12-17-31(2)19-14-21-33(4)24-26-38-35(6)28-36(41)29-40(38,9)10/h11-26,36-37,41H,5,27-29H2,1-4,6-10H3/b12-11-,18-13+,19-14+,25-23+,26-24+,30-16+,31-17+,32-20+,33-21+/t36-,37+/m1/s1. The monoisotopic (exact) mass is 550 g/mol. The molecule has 0 saturated carbocycles. The third-order valence-corrected chi connectivity index (χ3v) is 8.02. The summed E-state index contributed by atoms with van der Waals surface area (Å²) in [6.45, 7) is 24.0. The predicted molar refractivity (Wildman–Crippen MR) is 183 cm³/mol. The summed E-state index contributed by atoms with van der Waals surface area (Å²) in [7, 11) is 0. The van der Waals surface area contributed by atoms with Crippen molar-refractivity contribution in [3.8, 4) is 0 Å². The van der Waals surface area contributed by atoms with E-state index in [2.05, 4.69) is 166 Å². The van der Waals surface area contributed by atoms with Crippen LogP contribution in [0.2, 0.25) is 0 Å². The normalized spacial score (nSPS) is 24.9. The van der Waals surface area contributed by atoms with Gasteiger partial charge >= 0.3 is 0 Å². The Bertz CT molecular complexity index is 1270. The van der Waals surface area contributed by atoms with Crippen molar-refractivity contribution >= 4 is 0 Å². The number of allylic oxidation sites excluding steroid dienone is 22. The molecule has 0 aromatic heterocycles. The van der Waals surface area contributed by atoms with E-state index in [1.165, 1.54) is 39.0 Å². The van der Waals surface area contributed by atoms with Gasteiger partial charge in [-0.05, 0) is 75.9 Å². The summed E-state index contributed by atoms with van der Waals surface area (Å²) in [6.07, 6.45) is 37.0. The molecule has 0 radical (unpaired) electrons. The van der Waals surface area contributed by atoms with Crippen LogP contribution in [0.5, 0.6) is 0 Å². The molecule has 0 fully saturated rings. The average molecular weight is 551 g/mol. The Morgan fingerprint density at radius 3 is 1.85 bits per heavy atom. The lowest BCUT2D eigenvalue weighted by Crippen LogP contribution is -2.28. The van der Waals surface area contributed by atoms with E-state index < -0.39 is 0 Å². The lowest BCUT2D eigenvalue weighted by Gasteiger charge is -2.35. The van der Waals surface area contributed by atoms with Gasteiger partial charge in [0.15, 0.2) is 0 Å². The van der Waals surface area contributed by atoms with Gasteiger partial charge in [-0.15, -0.1) is 0 Å². The van der Waals surface area contributed by atoms with Gasteiger partial charge < -0.3 is 5.11 Å². The highest BCUT2D eigenvalue weighted by Crippen LogP contribution is 2.41. The molecule has 2 aliphatic rings. The topological polar surface area (TPSA) is 20.2 Å². The molecule has 0 aromatic rings. The Morgan fingerprint density at radius 1 is 0.805 bits per heavy atom. The molecule has 2 rings (SSSR count). The highest BCUT2D eigenvalue weighted by Gasteiger charge is 2.31. The number of aliphatic hydroxyl groups is 1. The maximum Gasteiger partial charge on any atom is 0.0585 e. The molecule has 0 heterocycles. The first-order chi connectivity index (χ1) is 19.2. The molecule has 1 N–H and O–H groups in total. The summed E-state index contributed by atoms with van der Waals surface area (Å²) >= 11 is 0. The molecule has 0 spiro atoms. The molecule has 220 valence electrons. The molecule has 41 heavy (non-hydrogen) atoms. The third kappa shape index (κ3) is 11.7. The Labute approximate surface area is 251 Å². The minimum atomic E-state index is -0.223. The Balaban J connectivity index is 1.89. The molecule has 0 unspecified atom stereocenters. The van der Waals surface area contributed by atoms with Gasteiger partial charge in [-0.25, -0.2) is 0 Å². The van der Waals surface area contributed by atoms with E-state index in [1.54, 1.807) is 0 Å². The number of hydrogen-bond donors (Lipinski definition) is 1. The van der Waals surface area contributed by atoms with E-state index in [0.29, 0.717) is 5.92 Å². The van der Waals surface area contributed by atoms with E-state index >= 15 is 0 Å². The van der Waals surface area contributed by atoms with E-state index in [1.807, 2.05) is 0 Å². The van der Waals surface area contributed by atoms with Crippen LogP contribution >= 0.6 is 0 Å². The predicted octanol–water partition coefficient (Wildman–Crippen LogP) is 11.2. The molecular formula is C40H54O. The average Bonchev–Trinajstić information content (AvgIpc) is 2.84. The van der Waals surface area contributed by atoms with Crippen LogP contribution in [0, 0.1) is 16.7 Å². The largest absolute Gasteiger partial charge is 0.393 e. The molecule has 1 nitrogen and oxygen atoms in total. The second kappa shape index (κ2) is 15.7. The molecule has 1 heteroatoms. The first kappa shape index (κ1) is 34.0. The van der Waals surface area contributed by atoms with Crippen molar-refractivity contribution in [3.05, 3.63) is 143 Å². The molecule has 0 bridgehead atoms. The third-order valence-electron chi connectivity index (χ3n) is 8.02. The van der Waals surface area contributed by atoms with Crippen molar-refractivity contribution in [1.29, 1.82) is 0 Å². The lowest BCUT2D eigenvalue weighted by atomic mass is 9.69. The van der Waals surface area contributed by atoms with Crippen LogP contribution in [0.25, 0.3) is 0 Å². The molecule has 0 aromatic carbocycles. The van der Waals surface area contributed by atoms with Gasteiger partial charge in [0.2, 0.25) is 0 Å². The molecule has 0 saturated heterocycles. The number of aliphatic hydroxyl groups excluding tert-OH is 1. The van der Waals surface area contributed by atoms with Crippen LogP contribution in [0.4, 0.5) is 0 Å². The zero-order valence-electron chi connectivity index (χ0n) is 27.2. The van der Waals surface area contributed by atoms with E-state index in [4.69, 9.17) is 0 Å². The SMILES string of the molecule is C=C1C=CCC(C)(C)[C@H]1/C=C/C(C)=C/C=C/C(C)=C/C=C\C=C(C)\C=C\C=C(C)\C=C\C1=C(C)C[C@@H](O)CC1(C)C. The highest BCUT2D eigenvalue weighted by atomic mass is 16.3. The second-order valence-electron chi connectivity index (χ2n) is 13.2. The Morgan fingerprint density at radius 2 is 1.32 bits per heavy atom. The van der Waals surface area contributed by atoms with E-state index in [-0.39, 0.29) is 16.9 Å². The van der Waals surface area contributed by atoms with Gasteiger partial charge in [-0.1, -0.05) is 159 Å². The summed E-state index contributed by atoms with van der Waals surface area (Å²) in [6, 6.07) is 0. The molecule has 0 amide bonds. The van der Waals surface area contributed by atoms with Crippen LogP contribution in [0.3, 0.4) is 0 Å². The van der Waals surface area contributed by atoms with Crippen LogP contribution in [0.1, 0.15) is 81.6 Å². The molecular weight excluding hydrogens is 496 g/mol. The first-order valence-electron chi connectivity index (χ1n) is 15.0. The first-order valence-corrected chi connectivity index (χ1v) is 15.0. The minimum absolute atomic E-state index is 0.00983. The molecule has 2 atom stereocenters. The van der Waals surface area contributed by atoms with Gasteiger partial charge in [0.25, 0.3) is 0 Å². The van der Waals surface area contributed by atoms with E-state index in [0.717, 1.165) is 19.3 Å². The van der Waals surface area contributed by atoms with Gasteiger partial charge in [0.1, 0.15) is 0 Å². The zero-order chi connectivity index (χ0) is 30.6. The number of hydrogen-bond acceptors (Lipinski definition) is 1. The fourth-order valence-corrected chi connectivity index (χ4v) is 5.61. The summed E-state index contributed by atoms with van der Waals surface area (Å²) < 4.78 is 0. The fraction of sp³-hybridized carbons (Fsp3) is 0.400.